The minimum Gasteiger partial charge on any atom is -0.493 e. The van der Waals surface area contributed by atoms with E-state index in [2.05, 4.69) is 5.10 Å². The quantitative estimate of drug-likeness (QED) is 0.342. The minimum atomic E-state index is -0.713. The molecule has 0 spiro atoms. The Morgan fingerprint density at radius 1 is 1.18 bits per heavy atom. The van der Waals surface area contributed by atoms with E-state index in [9.17, 15) is 19.3 Å². The molecule has 1 aliphatic heterocycles. The number of carbonyl (C=O) groups excluding carboxylic acids is 1. The van der Waals surface area contributed by atoms with Gasteiger partial charge in [0.15, 0.2) is 18.1 Å². The molecule has 0 saturated carbocycles. The summed E-state index contributed by atoms with van der Waals surface area (Å²) in [6.45, 7) is -0.560. The van der Waals surface area contributed by atoms with Crippen molar-refractivity contribution in [2.24, 2.45) is 5.10 Å². The number of halogens is 1. The fraction of sp³-hybridized carbons (Fsp3) is 0.217. The standard InChI is InChI=1S/C23H20FN3O6S/c1-31-19-8-5-14(10-21(19)32-2)18-12-16(22-4-3-9-34-22)25-26(18)23(28)13-33-20-11-15(24)6-7-17(20)27(29)30/h3-11,18H,12-13H2,1-2H3. The van der Waals surface area contributed by atoms with Crippen molar-refractivity contribution in [1.29, 1.82) is 0 Å². The van der Waals surface area contributed by atoms with E-state index in [-0.39, 0.29) is 5.75 Å². The SMILES string of the molecule is COc1ccc(C2CC(c3cccs3)=NN2C(=O)COc2cc(F)ccc2[N+](=O)[O-])cc1OC. The van der Waals surface area contributed by atoms with Gasteiger partial charge in [-0.05, 0) is 35.2 Å². The molecule has 176 valence electrons. The molecule has 0 N–H and O–H groups in total. The highest BCUT2D eigenvalue weighted by molar-refractivity contribution is 7.12. The molecule has 0 bridgehead atoms. The predicted octanol–water partition coefficient (Wildman–Crippen LogP) is 4.57. The Labute approximate surface area is 198 Å². The Bertz CT molecular complexity index is 1250. The van der Waals surface area contributed by atoms with Crippen LogP contribution >= 0.6 is 11.3 Å². The van der Waals surface area contributed by atoms with Crippen LogP contribution in [-0.4, -0.2) is 42.4 Å². The van der Waals surface area contributed by atoms with Gasteiger partial charge in [0, 0.05) is 18.6 Å². The second-order valence-corrected chi connectivity index (χ2v) is 8.20. The molecule has 1 unspecified atom stereocenters. The van der Waals surface area contributed by atoms with Crippen LogP contribution in [0.5, 0.6) is 17.2 Å². The lowest BCUT2D eigenvalue weighted by Crippen LogP contribution is -2.31. The summed E-state index contributed by atoms with van der Waals surface area (Å²) in [7, 11) is 3.05. The number of hydrogen-bond acceptors (Lipinski definition) is 8. The third-order valence-corrected chi connectivity index (χ3v) is 6.15. The molecule has 0 radical (unpaired) electrons. The Hall–Kier alpha value is -3.99. The Morgan fingerprint density at radius 2 is 1.97 bits per heavy atom. The summed E-state index contributed by atoms with van der Waals surface area (Å²) in [5.41, 5.74) is 1.05. The Kier molecular flexibility index (Phi) is 6.73. The van der Waals surface area contributed by atoms with Gasteiger partial charge in [-0.25, -0.2) is 9.40 Å². The van der Waals surface area contributed by atoms with Gasteiger partial charge in [0.25, 0.3) is 5.91 Å². The zero-order valence-electron chi connectivity index (χ0n) is 18.3. The number of hydrogen-bond donors (Lipinski definition) is 0. The number of amides is 1. The lowest BCUT2D eigenvalue weighted by Gasteiger charge is -2.23. The molecule has 4 rings (SSSR count). The number of thiophene rings is 1. The second-order valence-electron chi connectivity index (χ2n) is 7.25. The average molecular weight is 485 g/mol. The van der Waals surface area contributed by atoms with E-state index in [1.165, 1.54) is 30.6 Å². The first kappa shape index (κ1) is 23.2. The molecule has 11 heteroatoms. The molecule has 1 aromatic heterocycles. The van der Waals surface area contributed by atoms with Crippen molar-refractivity contribution in [1.82, 2.24) is 5.01 Å². The molecule has 1 atom stereocenters. The van der Waals surface area contributed by atoms with Crippen LogP contribution in [-0.2, 0) is 4.79 Å². The predicted molar refractivity (Wildman–Crippen MR) is 123 cm³/mol. The number of benzene rings is 2. The molecule has 0 fully saturated rings. The maximum atomic E-state index is 13.6. The Morgan fingerprint density at radius 3 is 2.65 bits per heavy atom. The van der Waals surface area contributed by atoms with Crippen LogP contribution in [0.3, 0.4) is 0 Å². The van der Waals surface area contributed by atoms with Gasteiger partial charge in [0.1, 0.15) is 5.82 Å². The number of nitro benzene ring substituents is 1. The molecule has 1 aliphatic rings. The van der Waals surface area contributed by atoms with Gasteiger partial charge in [-0.2, -0.15) is 5.10 Å². The van der Waals surface area contributed by atoms with Gasteiger partial charge in [0.05, 0.1) is 35.8 Å². The molecule has 1 amide bonds. The summed E-state index contributed by atoms with van der Waals surface area (Å²) in [5.74, 6) is -0.533. The summed E-state index contributed by atoms with van der Waals surface area (Å²) in [4.78, 5) is 24.6. The highest BCUT2D eigenvalue weighted by Gasteiger charge is 2.34. The number of nitrogens with zero attached hydrogens (tertiary/aromatic N) is 3. The monoisotopic (exact) mass is 485 g/mol. The van der Waals surface area contributed by atoms with Crippen molar-refractivity contribution in [3.8, 4) is 17.2 Å². The van der Waals surface area contributed by atoms with E-state index in [1.54, 1.807) is 12.1 Å². The van der Waals surface area contributed by atoms with Gasteiger partial charge in [0.2, 0.25) is 5.75 Å². The van der Waals surface area contributed by atoms with Crippen LogP contribution in [0.25, 0.3) is 0 Å². The number of rotatable bonds is 8. The first-order valence-corrected chi connectivity index (χ1v) is 11.0. The van der Waals surface area contributed by atoms with Crippen molar-refractivity contribution in [2.75, 3.05) is 20.8 Å². The summed E-state index contributed by atoms with van der Waals surface area (Å²) in [5, 5.41) is 19.0. The largest absolute Gasteiger partial charge is 0.493 e. The highest BCUT2D eigenvalue weighted by atomic mass is 32.1. The number of hydrazone groups is 1. The highest BCUT2D eigenvalue weighted by Crippen LogP contribution is 2.38. The molecular formula is C23H20FN3O6S. The van der Waals surface area contributed by atoms with E-state index in [0.29, 0.717) is 17.9 Å². The third-order valence-electron chi connectivity index (χ3n) is 5.23. The zero-order valence-corrected chi connectivity index (χ0v) is 19.1. The molecule has 0 saturated heterocycles. The summed E-state index contributed by atoms with van der Waals surface area (Å²) < 4.78 is 29.7. The van der Waals surface area contributed by atoms with Crippen LogP contribution in [0.2, 0.25) is 0 Å². The smallest absolute Gasteiger partial charge is 0.311 e. The van der Waals surface area contributed by atoms with E-state index in [4.69, 9.17) is 14.2 Å². The normalized spacial score (nSPS) is 15.1. The minimum absolute atomic E-state index is 0.331. The molecule has 2 aromatic carbocycles. The van der Waals surface area contributed by atoms with Crippen LogP contribution in [0.15, 0.2) is 59.0 Å². The lowest BCUT2D eigenvalue weighted by atomic mass is 10.0. The Balaban J connectivity index is 1.62. The van der Waals surface area contributed by atoms with Crippen LogP contribution in [0.1, 0.15) is 22.9 Å². The van der Waals surface area contributed by atoms with Gasteiger partial charge in [-0.15, -0.1) is 11.3 Å². The number of carbonyl (C=O) groups is 1. The fourth-order valence-corrected chi connectivity index (χ4v) is 4.33. The molecule has 0 aliphatic carbocycles. The topological polar surface area (TPSA) is 104 Å². The third kappa shape index (κ3) is 4.69. The van der Waals surface area contributed by atoms with Crippen molar-refractivity contribution in [2.45, 2.75) is 12.5 Å². The summed E-state index contributed by atoms with van der Waals surface area (Å²) in [6, 6.07) is 11.5. The second kappa shape index (κ2) is 9.87. The summed E-state index contributed by atoms with van der Waals surface area (Å²) >= 11 is 1.50. The number of methoxy groups -OCH3 is 2. The van der Waals surface area contributed by atoms with Gasteiger partial charge < -0.3 is 14.2 Å². The number of ether oxygens (including phenoxy) is 3. The van der Waals surface area contributed by atoms with Crippen molar-refractivity contribution >= 4 is 28.6 Å². The molecule has 9 nitrogen and oxygen atoms in total. The lowest BCUT2D eigenvalue weighted by molar-refractivity contribution is -0.385. The summed E-state index contributed by atoms with van der Waals surface area (Å²) in [6.07, 6.45) is 0.446. The fourth-order valence-electron chi connectivity index (χ4n) is 3.61. The van der Waals surface area contributed by atoms with Gasteiger partial charge in [-0.1, -0.05) is 12.1 Å². The van der Waals surface area contributed by atoms with Crippen LogP contribution in [0.4, 0.5) is 10.1 Å². The first-order valence-electron chi connectivity index (χ1n) is 10.1. The van der Waals surface area contributed by atoms with Crippen LogP contribution < -0.4 is 14.2 Å². The van der Waals surface area contributed by atoms with E-state index >= 15 is 0 Å². The van der Waals surface area contributed by atoms with E-state index in [1.807, 2.05) is 23.6 Å². The van der Waals surface area contributed by atoms with Crippen molar-refractivity contribution in [3.05, 3.63) is 80.3 Å². The molecule has 3 aromatic rings. The van der Waals surface area contributed by atoms with E-state index in [0.717, 1.165) is 34.4 Å². The average Bonchev–Trinajstić information content (AvgIpc) is 3.52. The molecular weight excluding hydrogens is 465 g/mol. The van der Waals surface area contributed by atoms with E-state index < -0.39 is 35.0 Å². The number of nitro groups is 1. The van der Waals surface area contributed by atoms with Crippen molar-refractivity contribution < 1.29 is 28.3 Å². The maximum absolute atomic E-state index is 13.6. The molecule has 2 heterocycles. The van der Waals surface area contributed by atoms with Gasteiger partial charge >= 0.3 is 5.69 Å². The van der Waals surface area contributed by atoms with Gasteiger partial charge in [-0.3, -0.25) is 14.9 Å². The van der Waals surface area contributed by atoms with Crippen LogP contribution in [0, 0.1) is 15.9 Å². The first-order chi connectivity index (χ1) is 16.4. The zero-order chi connectivity index (χ0) is 24.2. The van der Waals surface area contributed by atoms with Crippen molar-refractivity contribution in [3.63, 3.8) is 0 Å². The maximum Gasteiger partial charge on any atom is 0.311 e. The molecule has 34 heavy (non-hydrogen) atoms.